The minimum absolute atomic E-state index is 0.213. The first kappa shape index (κ1) is 20.5. The molecule has 1 saturated heterocycles. The van der Waals surface area contributed by atoms with Crippen LogP contribution in [0.1, 0.15) is 15.9 Å². The zero-order valence-electron chi connectivity index (χ0n) is 14.9. The normalized spacial score (nSPS) is 13.7. The van der Waals surface area contributed by atoms with E-state index in [0.29, 0.717) is 26.9 Å². The molecule has 2 aromatic rings. The van der Waals surface area contributed by atoms with Crippen LogP contribution in [0.15, 0.2) is 53.5 Å². The van der Waals surface area contributed by atoms with Crippen LogP contribution in [-0.4, -0.2) is 50.8 Å². The Bertz CT molecular complexity index is 976. The van der Waals surface area contributed by atoms with Crippen LogP contribution in [0.2, 0.25) is 0 Å². The fourth-order valence-electron chi connectivity index (χ4n) is 2.33. The van der Waals surface area contributed by atoms with E-state index in [1.807, 2.05) is 0 Å². The topological polar surface area (TPSA) is 108 Å². The second-order valence-corrected chi connectivity index (χ2v) is 7.36. The summed E-state index contributed by atoms with van der Waals surface area (Å²) in [6, 6.07) is 13.4. The SMILES string of the molecule is O=C(O)COc1ccccc1C=Nc1ccc(C(=O)NN2C(=O)CSC2=S)cc1. The maximum absolute atomic E-state index is 12.3. The predicted molar refractivity (Wildman–Crippen MR) is 113 cm³/mol. The molecule has 29 heavy (non-hydrogen) atoms. The lowest BCUT2D eigenvalue weighted by Gasteiger charge is -2.15. The highest BCUT2D eigenvalue weighted by Gasteiger charge is 2.28. The first-order chi connectivity index (χ1) is 13.9. The number of hydrogen-bond acceptors (Lipinski definition) is 7. The lowest BCUT2D eigenvalue weighted by atomic mass is 10.2. The molecule has 0 bridgehead atoms. The van der Waals surface area contributed by atoms with Gasteiger partial charge in [-0.25, -0.2) is 9.80 Å². The molecule has 0 aromatic heterocycles. The summed E-state index contributed by atoms with van der Waals surface area (Å²) >= 11 is 6.22. The number of ether oxygens (including phenoxy) is 1. The molecule has 0 aliphatic carbocycles. The number of para-hydroxylation sites is 1. The average molecular weight is 429 g/mol. The predicted octanol–water partition coefficient (Wildman–Crippen LogP) is 2.41. The first-order valence-corrected chi connectivity index (χ1v) is 9.72. The molecule has 0 spiro atoms. The highest BCUT2D eigenvalue weighted by atomic mass is 32.2. The van der Waals surface area contributed by atoms with Gasteiger partial charge >= 0.3 is 5.97 Å². The largest absolute Gasteiger partial charge is 0.481 e. The number of carbonyl (C=O) groups is 3. The van der Waals surface area contributed by atoms with E-state index < -0.39 is 18.5 Å². The number of hydrogen-bond donors (Lipinski definition) is 2. The van der Waals surface area contributed by atoms with Crippen LogP contribution >= 0.6 is 24.0 Å². The fourth-order valence-corrected chi connectivity index (χ4v) is 3.31. The van der Waals surface area contributed by atoms with Crippen LogP contribution in [0.25, 0.3) is 0 Å². The second kappa shape index (κ2) is 9.30. The van der Waals surface area contributed by atoms with Gasteiger partial charge in [0.05, 0.1) is 11.4 Å². The number of aliphatic carboxylic acids is 1. The van der Waals surface area contributed by atoms with Gasteiger partial charge in [-0.15, -0.1) is 0 Å². The molecule has 3 rings (SSSR count). The van der Waals surface area contributed by atoms with Crippen molar-refractivity contribution in [2.24, 2.45) is 4.99 Å². The molecular formula is C19H15N3O5S2. The summed E-state index contributed by atoms with van der Waals surface area (Å²) in [5.74, 6) is -1.17. The Labute approximate surface area is 175 Å². The zero-order valence-corrected chi connectivity index (χ0v) is 16.5. The summed E-state index contributed by atoms with van der Waals surface area (Å²) in [6.45, 7) is -0.448. The number of thiocarbonyl (C=S) groups is 1. The van der Waals surface area contributed by atoms with Gasteiger partial charge in [-0.2, -0.15) is 0 Å². The van der Waals surface area contributed by atoms with Crippen molar-refractivity contribution in [2.45, 2.75) is 0 Å². The molecule has 2 aromatic carbocycles. The van der Waals surface area contributed by atoms with Crippen molar-refractivity contribution in [3.05, 3.63) is 59.7 Å². The number of carboxylic acids is 1. The van der Waals surface area contributed by atoms with Crippen molar-refractivity contribution >= 4 is 58.0 Å². The third-order valence-electron chi connectivity index (χ3n) is 3.72. The highest BCUT2D eigenvalue weighted by Crippen LogP contribution is 2.20. The molecule has 1 heterocycles. The van der Waals surface area contributed by atoms with E-state index in [9.17, 15) is 14.4 Å². The van der Waals surface area contributed by atoms with Crippen LogP contribution in [0.3, 0.4) is 0 Å². The summed E-state index contributed by atoms with van der Waals surface area (Å²) in [6.07, 6.45) is 1.55. The van der Waals surface area contributed by atoms with Crippen LogP contribution in [0.5, 0.6) is 5.75 Å². The van der Waals surface area contributed by atoms with Crippen LogP contribution < -0.4 is 10.2 Å². The van der Waals surface area contributed by atoms with Crippen molar-refractivity contribution in [1.29, 1.82) is 0 Å². The highest BCUT2D eigenvalue weighted by molar-refractivity contribution is 8.23. The number of benzene rings is 2. The van der Waals surface area contributed by atoms with Gasteiger partial charge in [0, 0.05) is 17.3 Å². The molecule has 1 aliphatic rings. The standard InChI is InChI=1S/C19H15N3O5S2/c23-16-11-29-19(28)22(16)21-18(26)12-5-7-14(8-6-12)20-9-13-3-1-2-4-15(13)27-10-17(24)25/h1-9H,10-11H2,(H,21,26)(H,24,25). The molecule has 1 fully saturated rings. The Morgan fingerprint density at radius 2 is 1.97 bits per heavy atom. The zero-order chi connectivity index (χ0) is 20.8. The lowest BCUT2D eigenvalue weighted by molar-refractivity contribution is -0.139. The van der Waals surface area contributed by atoms with Gasteiger partial charge in [-0.3, -0.25) is 20.0 Å². The third kappa shape index (κ3) is 5.39. The molecule has 148 valence electrons. The molecular weight excluding hydrogens is 414 g/mol. The molecule has 0 radical (unpaired) electrons. The molecule has 1 aliphatic heterocycles. The Morgan fingerprint density at radius 3 is 2.62 bits per heavy atom. The number of thioether (sulfide) groups is 1. The fraction of sp³-hybridized carbons (Fsp3) is 0.105. The molecule has 2 amide bonds. The maximum atomic E-state index is 12.3. The van der Waals surface area contributed by atoms with E-state index in [4.69, 9.17) is 22.1 Å². The average Bonchev–Trinajstić information content (AvgIpc) is 3.03. The molecule has 0 unspecified atom stereocenters. The molecule has 0 saturated carbocycles. The molecule has 0 atom stereocenters. The van der Waals surface area contributed by atoms with E-state index in [0.717, 1.165) is 5.01 Å². The number of amides is 2. The summed E-state index contributed by atoms with van der Waals surface area (Å²) in [7, 11) is 0. The van der Waals surface area contributed by atoms with Crippen molar-refractivity contribution < 1.29 is 24.2 Å². The summed E-state index contributed by atoms with van der Waals surface area (Å²) in [4.78, 5) is 38.9. The summed E-state index contributed by atoms with van der Waals surface area (Å²) in [5, 5.41) is 9.81. The third-order valence-corrected chi connectivity index (χ3v) is 5.07. The lowest BCUT2D eigenvalue weighted by Crippen LogP contribution is -2.45. The number of aliphatic imine (C=N–C) groups is 1. The number of carbonyl (C=O) groups excluding carboxylic acids is 2. The number of nitrogens with one attached hydrogen (secondary N) is 1. The first-order valence-electron chi connectivity index (χ1n) is 8.32. The van der Waals surface area contributed by atoms with Gasteiger partial charge in [-0.05, 0) is 36.4 Å². The van der Waals surface area contributed by atoms with E-state index >= 15 is 0 Å². The van der Waals surface area contributed by atoms with Gasteiger partial charge in [-0.1, -0.05) is 36.1 Å². The van der Waals surface area contributed by atoms with Gasteiger partial charge in [0.15, 0.2) is 10.9 Å². The van der Waals surface area contributed by atoms with Gasteiger partial charge in [0.25, 0.3) is 11.8 Å². The smallest absolute Gasteiger partial charge is 0.341 e. The minimum Gasteiger partial charge on any atom is -0.481 e. The van der Waals surface area contributed by atoms with Crippen molar-refractivity contribution in [3.63, 3.8) is 0 Å². The number of rotatable bonds is 7. The maximum Gasteiger partial charge on any atom is 0.341 e. The second-order valence-electron chi connectivity index (χ2n) is 5.75. The Hall–Kier alpha value is -3.24. The summed E-state index contributed by atoms with van der Waals surface area (Å²) < 4.78 is 5.54. The number of hydrazine groups is 1. The Balaban J connectivity index is 1.66. The molecule has 2 N–H and O–H groups in total. The van der Waals surface area contributed by atoms with Crippen LogP contribution in [0, 0.1) is 0 Å². The monoisotopic (exact) mass is 429 g/mol. The van der Waals surface area contributed by atoms with Crippen LogP contribution in [-0.2, 0) is 9.59 Å². The van der Waals surface area contributed by atoms with E-state index in [2.05, 4.69) is 10.4 Å². The van der Waals surface area contributed by atoms with Crippen molar-refractivity contribution in [1.82, 2.24) is 10.4 Å². The Kier molecular flexibility index (Phi) is 6.57. The van der Waals surface area contributed by atoms with E-state index in [-0.39, 0.29) is 11.7 Å². The van der Waals surface area contributed by atoms with Crippen molar-refractivity contribution in [3.8, 4) is 5.75 Å². The summed E-state index contributed by atoms with van der Waals surface area (Å²) in [5.41, 5.74) is 4.03. The van der Waals surface area contributed by atoms with Gasteiger partial charge in [0.1, 0.15) is 5.75 Å². The number of nitrogens with zero attached hydrogens (tertiary/aromatic N) is 2. The van der Waals surface area contributed by atoms with E-state index in [1.165, 1.54) is 11.8 Å². The van der Waals surface area contributed by atoms with Crippen LogP contribution in [0.4, 0.5) is 5.69 Å². The minimum atomic E-state index is -1.07. The molecule has 10 heteroatoms. The van der Waals surface area contributed by atoms with Crippen molar-refractivity contribution in [2.75, 3.05) is 12.4 Å². The van der Waals surface area contributed by atoms with Gasteiger partial charge in [0.2, 0.25) is 0 Å². The Morgan fingerprint density at radius 1 is 1.24 bits per heavy atom. The van der Waals surface area contributed by atoms with E-state index in [1.54, 1.807) is 54.7 Å². The number of carboxylic acid groups (broad SMARTS) is 1. The molecule has 8 nitrogen and oxygen atoms in total. The quantitative estimate of drug-likeness (QED) is 0.514. The van der Waals surface area contributed by atoms with Gasteiger partial charge < -0.3 is 9.84 Å².